The van der Waals surface area contributed by atoms with Gasteiger partial charge in [-0.05, 0) is 40.2 Å². The lowest BCUT2D eigenvalue weighted by molar-refractivity contribution is 0.609. The predicted octanol–water partition coefficient (Wildman–Crippen LogP) is 4.21. The fraction of sp³-hybridized carbons (Fsp3) is 0.0714. The van der Waals surface area contributed by atoms with Gasteiger partial charge in [-0.25, -0.2) is 8.78 Å². The van der Waals surface area contributed by atoms with Crippen molar-refractivity contribution in [2.24, 2.45) is 0 Å². The maximum Gasteiger partial charge on any atom is 0.145 e. The van der Waals surface area contributed by atoms with Gasteiger partial charge in [-0.15, -0.1) is 0 Å². The third kappa shape index (κ3) is 3.09. The number of hydrogen-bond acceptors (Lipinski definition) is 2. The molecule has 0 aliphatic carbocycles. The van der Waals surface area contributed by atoms with Crippen LogP contribution < -0.4 is 5.32 Å². The summed E-state index contributed by atoms with van der Waals surface area (Å²) in [5.41, 5.74) is 0.908. The minimum Gasteiger partial charge on any atom is -0.381 e. The van der Waals surface area contributed by atoms with E-state index in [-0.39, 0.29) is 12.1 Å². The van der Waals surface area contributed by atoms with E-state index < -0.39 is 11.6 Å². The Hall–Kier alpha value is -1.93. The molecule has 0 saturated heterocycles. The normalized spacial score (nSPS) is 10.0. The Bertz CT molecular complexity index is 650. The average molecular weight is 323 g/mol. The van der Waals surface area contributed by atoms with Crippen molar-refractivity contribution in [3.8, 4) is 6.07 Å². The molecule has 0 amide bonds. The van der Waals surface area contributed by atoms with Gasteiger partial charge in [0, 0.05) is 17.8 Å². The third-order valence-corrected chi connectivity index (χ3v) is 3.24. The van der Waals surface area contributed by atoms with Gasteiger partial charge in [0.25, 0.3) is 0 Å². The van der Waals surface area contributed by atoms with Crippen LogP contribution in [0.25, 0.3) is 0 Å². The Kier molecular flexibility index (Phi) is 4.13. The molecule has 2 rings (SSSR count). The van der Waals surface area contributed by atoms with Crippen molar-refractivity contribution in [1.29, 1.82) is 5.26 Å². The van der Waals surface area contributed by atoms with Gasteiger partial charge < -0.3 is 5.32 Å². The molecule has 0 bridgehead atoms. The lowest BCUT2D eigenvalue weighted by Crippen LogP contribution is -2.03. The Balaban J connectivity index is 2.15. The molecule has 0 spiro atoms. The monoisotopic (exact) mass is 322 g/mol. The second-order valence-corrected chi connectivity index (χ2v) is 4.73. The predicted molar refractivity (Wildman–Crippen MR) is 72.5 cm³/mol. The lowest BCUT2D eigenvalue weighted by Gasteiger charge is -2.08. The molecule has 0 radical (unpaired) electrons. The number of halogens is 3. The van der Waals surface area contributed by atoms with Crippen LogP contribution in [0.3, 0.4) is 0 Å². The summed E-state index contributed by atoms with van der Waals surface area (Å²) >= 11 is 3.06. The fourth-order valence-corrected chi connectivity index (χ4v) is 1.85. The average Bonchev–Trinajstić information content (AvgIpc) is 2.41. The first-order chi connectivity index (χ1) is 9.11. The minimum atomic E-state index is -0.546. The molecular weight excluding hydrogens is 314 g/mol. The van der Waals surface area contributed by atoms with Crippen LogP contribution in [0, 0.1) is 23.0 Å². The van der Waals surface area contributed by atoms with Gasteiger partial charge in [-0.1, -0.05) is 12.1 Å². The SMILES string of the molecule is N#Cc1cccc(CNc2ccc(Br)c(F)c2)c1F. The number of nitrogens with zero attached hydrogens (tertiary/aromatic N) is 1. The standard InChI is InChI=1S/C14H9BrF2N2/c15-12-5-4-11(6-13(12)16)19-8-10-3-1-2-9(7-18)14(10)17/h1-6,19H,8H2. The van der Waals surface area contributed by atoms with E-state index in [1.165, 1.54) is 12.1 Å². The summed E-state index contributed by atoms with van der Waals surface area (Å²) in [5, 5.41) is 11.6. The van der Waals surface area contributed by atoms with Crippen LogP contribution in [-0.4, -0.2) is 0 Å². The Morgan fingerprint density at radius 1 is 1.21 bits per heavy atom. The molecule has 0 saturated carbocycles. The van der Waals surface area contributed by atoms with E-state index in [1.807, 2.05) is 0 Å². The quantitative estimate of drug-likeness (QED) is 0.918. The summed E-state index contributed by atoms with van der Waals surface area (Å²) in [6.45, 7) is 0.183. The van der Waals surface area contributed by atoms with E-state index in [0.717, 1.165) is 0 Å². The van der Waals surface area contributed by atoms with Gasteiger partial charge in [0.2, 0.25) is 0 Å². The smallest absolute Gasteiger partial charge is 0.145 e. The van der Waals surface area contributed by atoms with Gasteiger partial charge in [0.15, 0.2) is 0 Å². The molecule has 0 heterocycles. The maximum atomic E-state index is 13.8. The molecule has 2 aromatic carbocycles. The number of rotatable bonds is 3. The summed E-state index contributed by atoms with van der Waals surface area (Å²) in [7, 11) is 0. The highest BCUT2D eigenvalue weighted by Crippen LogP contribution is 2.20. The van der Waals surface area contributed by atoms with E-state index in [1.54, 1.807) is 30.3 Å². The molecule has 0 unspecified atom stereocenters. The van der Waals surface area contributed by atoms with E-state index >= 15 is 0 Å². The molecule has 5 heteroatoms. The fourth-order valence-electron chi connectivity index (χ4n) is 1.61. The van der Waals surface area contributed by atoms with Gasteiger partial charge in [0.05, 0.1) is 10.0 Å². The zero-order chi connectivity index (χ0) is 13.8. The van der Waals surface area contributed by atoms with E-state index in [2.05, 4.69) is 21.2 Å². The van der Waals surface area contributed by atoms with Crippen molar-refractivity contribution in [2.75, 3.05) is 5.32 Å². The minimum absolute atomic E-state index is 0.00119. The van der Waals surface area contributed by atoms with E-state index in [4.69, 9.17) is 5.26 Å². The molecule has 2 nitrogen and oxygen atoms in total. The second-order valence-electron chi connectivity index (χ2n) is 3.87. The third-order valence-electron chi connectivity index (χ3n) is 2.60. The molecule has 0 fully saturated rings. The number of anilines is 1. The van der Waals surface area contributed by atoms with Crippen LogP contribution in [0.5, 0.6) is 0 Å². The Labute approximate surface area is 117 Å². The molecule has 0 aliphatic heterocycles. The second kappa shape index (κ2) is 5.81. The summed E-state index contributed by atoms with van der Waals surface area (Å²) in [6.07, 6.45) is 0. The number of nitriles is 1. The van der Waals surface area contributed by atoms with Crippen LogP contribution in [0.1, 0.15) is 11.1 Å². The zero-order valence-corrected chi connectivity index (χ0v) is 11.3. The van der Waals surface area contributed by atoms with Crippen molar-refractivity contribution < 1.29 is 8.78 Å². The van der Waals surface area contributed by atoms with Crippen LogP contribution in [0.15, 0.2) is 40.9 Å². The number of benzene rings is 2. The van der Waals surface area contributed by atoms with Gasteiger partial charge in [0.1, 0.15) is 17.7 Å². The van der Waals surface area contributed by atoms with Gasteiger partial charge >= 0.3 is 0 Å². The summed E-state index contributed by atoms with van der Waals surface area (Å²) in [6, 6.07) is 11.0. The van der Waals surface area contributed by atoms with Gasteiger partial charge in [-0.3, -0.25) is 0 Å². The highest BCUT2D eigenvalue weighted by molar-refractivity contribution is 9.10. The zero-order valence-electron chi connectivity index (χ0n) is 9.75. The van der Waals surface area contributed by atoms with Crippen LogP contribution in [0.4, 0.5) is 14.5 Å². The topological polar surface area (TPSA) is 35.8 Å². The van der Waals surface area contributed by atoms with E-state index in [9.17, 15) is 8.78 Å². The Morgan fingerprint density at radius 2 is 2.00 bits per heavy atom. The molecule has 0 aliphatic rings. The Morgan fingerprint density at radius 3 is 2.68 bits per heavy atom. The highest BCUT2D eigenvalue weighted by atomic mass is 79.9. The summed E-state index contributed by atoms with van der Waals surface area (Å²) in [5.74, 6) is -0.939. The lowest BCUT2D eigenvalue weighted by atomic mass is 10.1. The first kappa shape index (κ1) is 13.5. The van der Waals surface area contributed by atoms with Crippen molar-refractivity contribution in [3.05, 3.63) is 63.6 Å². The molecule has 96 valence electrons. The molecule has 0 atom stereocenters. The number of hydrogen-bond donors (Lipinski definition) is 1. The van der Waals surface area contributed by atoms with Crippen LogP contribution in [-0.2, 0) is 6.54 Å². The van der Waals surface area contributed by atoms with Crippen molar-refractivity contribution in [2.45, 2.75) is 6.54 Å². The van der Waals surface area contributed by atoms with Gasteiger partial charge in [-0.2, -0.15) is 5.26 Å². The highest BCUT2D eigenvalue weighted by Gasteiger charge is 2.07. The molecule has 1 N–H and O–H groups in total. The van der Waals surface area contributed by atoms with Crippen molar-refractivity contribution >= 4 is 21.6 Å². The van der Waals surface area contributed by atoms with Crippen LogP contribution >= 0.6 is 15.9 Å². The molecule has 0 aromatic heterocycles. The first-order valence-corrected chi connectivity index (χ1v) is 6.27. The van der Waals surface area contributed by atoms with E-state index in [0.29, 0.717) is 15.7 Å². The van der Waals surface area contributed by atoms with Crippen molar-refractivity contribution in [3.63, 3.8) is 0 Å². The molecular formula is C14H9BrF2N2. The van der Waals surface area contributed by atoms with Crippen LogP contribution in [0.2, 0.25) is 0 Å². The summed E-state index contributed by atoms with van der Waals surface area (Å²) in [4.78, 5) is 0. The number of nitrogens with one attached hydrogen (secondary N) is 1. The first-order valence-electron chi connectivity index (χ1n) is 5.48. The van der Waals surface area contributed by atoms with Crippen molar-refractivity contribution in [1.82, 2.24) is 0 Å². The molecule has 19 heavy (non-hydrogen) atoms. The maximum absolute atomic E-state index is 13.8. The largest absolute Gasteiger partial charge is 0.381 e. The molecule has 2 aromatic rings. The summed E-state index contributed by atoms with van der Waals surface area (Å²) < 4.78 is 27.4.